The molecule has 0 bridgehead atoms. The Morgan fingerprint density at radius 2 is 1.76 bits per heavy atom. The lowest BCUT2D eigenvalue weighted by Crippen LogP contribution is -2.25. The monoisotopic (exact) mass is 288 g/mol. The van der Waals surface area contributed by atoms with E-state index in [-0.39, 0.29) is 10.6 Å². The van der Waals surface area contributed by atoms with Gasteiger partial charge in [0.2, 0.25) is 11.6 Å². The fourth-order valence-corrected chi connectivity index (χ4v) is 2.81. The van der Waals surface area contributed by atoms with E-state index in [2.05, 4.69) is 15.9 Å². The summed E-state index contributed by atoms with van der Waals surface area (Å²) < 4.78 is 0. The van der Waals surface area contributed by atoms with Crippen LogP contribution in [0.5, 0.6) is 0 Å². The number of alkyl halides is 1. The van der Waals surface area contributed by atoms with Crippen LogP contribution in [0, 0.1) is 0 Å². The number of Topliss-reactive ketones (excluding diaryl/α,β-unsaturated/α-hetero) is 2. The fourth-order valence-electron chi connectivity index (χ4n) is 2.33. The first kappa shape index (κ1) is 10.7. The van der Waals surface area contributed by atoms with Crippen molar-refractivity contribution in [2.45, 2.75) is 11.2 Å². The zero-order valence-corrected chi connectivity index (χ0v) is 10.5. The van der Waals surface area contributed by atoms with Gasteiger partial charge in [0.1, 0.15) is 0 Å². The molecule has 0 aliphatic heterocycles. The first-order valence-electron chi connectivity index (χ1n) is 5.42. The number of benzene rings is 1. The number of ketones is 2. The van der Waals surface area contributed by atoms with Gasteiger partial charge >= 0.3 is 0 Å². The SMILES string of the molecule is O=C1C(=O)c2ccccc2C2=C1C=CC(Br)C2. The summed E-state index contributed by atoms with van der Waals surface area (Å²) >= 11 is 3.52. The molecule has 1 atom stereocenters. The first-order valence-corrected chi connectivity index (χ1v) is 6.34. The highest BCUT2D eigenvalue weighted by Crippen LogP contribution is 2.37. The number of carbonyl (C=O) groups excluding carboxylic acids is 2. The zero-order chi connectivity index (χ0) is 12.0. The number of hydrogen-bond donors (Lipinski definition) is 0. The highest BCUT2D eigenvalue weighted by Gasteiger charge is 2.32. The summed E-state index contributed by atoms with van der Waals surface area (Å²) in [6.45, 7) is 0. The second-order valence-corrected chi connectivity index (χ2v) is 5.35. The molecule has 0 N–H and O–H groups in total. The topological polar surface area (TPSA) is 34.1 Å². The van der Waals surface area contributed by atoms with Crippen molar-refractivity contribution in [1.29, 1.82) is 0 Å². The second kappa shape index (κ2) is 3.77. The Labute approximate surface area is 107 Å². The van der Waals surface area contributed by atoms with Gasteiger partial charge in [-0.2, -0.15) is 0 Å². The van der Waals surface area contributed by atoms with Crippen molar-refractivity contribution in [2.24, 2.45) is 0 Å². The molecule has 0 aromatic heterocycles. The lowest BCUT2D eigenvalue weighted by molar-refractivity contribution is -0.111. The smallest absolute Gasteiger partial charge is 0.234 e. The van der Waals surface area contributed by atoms with E-state index in [9.17, 15) is 9.59 Å². The molecule has 17 heavy (non-hydrogen) atoms. The normalized spacial score (nSPS) is 22.5. The Bertz CT molecular complexity index is 596. The Hall–Kier alpha value is -1.48. The fraction of sp³-hybridized carbons (Fsp3) is 0.143. The van der Waals surface area contributed by atoms with Gasteiger partial charge in [-0.1, -0.05) is 52.3 Å². The van der Waals surface area contributed by atoms with Gasteiger partial charge in [-0.3, -0.25) is 9.59 Å². The Morgan fingerprint density at radius 1 is 1.06 bits per heavy atom. The van der Waals surface area contributed by atoms with Crippen LogP contribution in [-0.2, 0) is 4.79 Å². The van der Waals surface area contributed by atoms with Crippen LogP contribution in [0.2, 0.25) is 0 Å². The number of halogens is 1. The second-order valence-electron chi connectivity index (χ2n) is 4.18. The van der Waals surface area contributed by atoms with Crippen molar-refractivity contribution >= 4 is 33.1 Å². The van der Waals surface area contributed by atoms with E-state index in [1.165, 1.54) is 0 Å². The maximum absolute atomic E-state index is 12.0. The predicted molar refractivity (Wildman–Crippen MR) is 69.2 cm³/mol. The number of hydrogen-bond acceptors (Lipinski definition) is 2. The summed E-state index contributed by atoms with van der Waals surface area (Å²) in [5, 5.41) is 0. The van der Waals surface area contributed by atoms with Crippen LogP contribution in [0.4, 0.5) is 0 Å². The molecule has 3 rings (SSSR count). The van der Waals surface area contributed by atoms with Crippen molar-refractivity contribution < 1.29 is 9.59 Å². The number of fused-ring (bicyclic) bond motifs is 2. The minimum atomic E-state index is -0.392. The molecule has 0 heterocycles. The third kappa shape index (κ3) is 1.53. The minimum Gasteiger partial charge on any atom is -0.285 e. The van der Waals surface area contributed by atoms with Crippen LogP contribution in [0.1, 0.15) is 22.3 Å². The average molecular weight is 289 g/mol. The average Bonchev–Trinajstić information content (AvgIpc) is 2.36. The first-order chi connectivity index (χ1) is 8.18. The Balaban J connectivity index is 2.28. The standard InChI is InChI=1S/C14H9BrO2/c15-8-5-6-11-12(7-8)9-3-1-2-4-10(9)13(16)14(11)17/h1-6,8H,7H2. The number of carbonyl (C=O) groups is 2. The van der Waals surface area contributed by atoms with Crippen LogP contribution >= 0.6 is 15.9 Å². The maximum atomic E-state index is 12.0. The summed E-state index contributed by atoms with van der Waals surface area (Å²) in [6, 6.07) is 7.32. The summed E-state index contributed by atoms with van der Waals surface area (Å²) in [6.07, 6.45) is 4.42. The van der Waals surface area contributed by atoms with E-state index in [1.807, 2.05) is 18.2 Å². The van der Waals surface area contributed by atoms with Crippen LogP contribution in [0.3, 0.4) is 0 Å². The summed E-state index contributed by atoms with van der Waals surface area (Å²) in [4.78, 5) is 24.1. The van der Waals surface area contributed by atoms with Gasteiger partial charge in [0.15, 0.2) is 0 Å². The van der Waals surface area contributed by atoms with Gasteiger partial charge < -0.3 is 0 Å². The van der Waals surface area contributed by atoms with Gasteiger partial charge in [0.25, 0.3) is 0 Å². The third-order valence-corrected chi connectivity index (χ3v) is 3.77. The zero-order valence-electron chi connectivity index (χ0n) is 8.94. The van der Waals surface area contributed by atoms with E-state index in [4.69, 9.17) is 0 Å². The van der Waals surface area contributed by atoms with E-state index >= 15 is 0 Å². The van der Waals surface area contributed by atoms with Crippen molar-refractivity contribution in [3.8, 4) is 0 Å². The van der Waals surface area contributed by atoms with Crippen LogP contribution in [0.15, 0.2) is 42.0 Å². The lowest BCUT2D eigenvalue weighted by atomic mass is 9.80. The molecule has 3 heteroatoms. The van der Waals surface area contributed by atoms with Gasteiger partial charge in [-0.25, -0.2) is 0 Å². The van der Waals surface area contributed by atoms with Crippen molar-refractivity contribution in [2.75, 3.05) is 0 Å². The van der Waals surface area contributed by atoms with Crippen molar-refractivity contribution in [3.05, 3.63) is 53.1 Å². The molecule has 2 aliphatic rings. The molecule has 0 spiro atoms. The summed E-state index contributed by atoms with van der Waals surface area (Å²) in [7, 11) is 0. The minimum absolute atomic E-state index is 0.232. The molecule has 1 aromatic carbocycles. The van der Waals surface area contributed by atoms with E-state index in [0.29, 0.717) is 11.1 Å². The molecule has 0 saturated carbocycles. The third-order valence-electron chi connectivity index (χ3n) is 3.14. The molecule has 2 aliphatic carbocycles. The van der Waals surface area contributed by atoms with E-state index in [0.717, 1.165) is 17.6 Å². The molecule has 0 radical (unpaired) electrons. The molecular formula is C14H9BrO2. The number of allylic oxidation sites excluding steroid dienone is 4. The molecule has 84 valence electrons. The molecule has 0 fully saturated rings. The van der Waals surface area contributed by atoms with Crippen LogP contribution in [-0.4, -0.2) is 16.4 Å². The van der Waals surface area contributed by atoms with Crippen molar-refractivity contribution in [1.82, 2.24) is 0 Å². The molecular weight excluding hydrogens is 280 g/mol. The largest absolute Gasteiger partial charge is 0.285 e. The van der Waals surface area contributed by atoms with Crippen molar-refractivity contribution in [3.63, 3.8) is 0 Å². The Morgan fingerprint density at radius 3 is 2.53 bits per heavy atom. The molecule has 0 saturated heterocycles. The maximum Gasteiger partial charge on any atom is 0.234 e. The quantitative estimate of drug-likeness (QED) is 0.543. The molecule has 0 amide bonds. The van der Waals surface area contributed by atoms with Gasteiger partial charge in [-0.15, -0.1) is 0 Å². The van der Waals surface area contributed by atoms with Crippen LogP contribution in [0.25, 0.3) is 5.57 Å². The highest BCUT2D eigenvalue weighted by atomic mass is 79.9. The van der Waals surface area contributed by atoms with Gasteiger partial charge in [0, 0.05) is 16.0 Å². The summed E-state index contributed by atoms with van der Waals surface area (Å²) in [5.74, 6) is -0.772. The van der Waals surface area contributed by atoms with Gasteiger partial charge in [-0.05, 0) is 17.6 Å². The highest BCUT2D eigenvalue weighted by molar-refractivity contribution is 9.09. The van der Waals surface area contributed by atoms with E-state index in [1.54, 1.807) is 18.2 Å². The molecule has 2 nitrogen and oxygen atoms in total. The van der Waals surface area contributed by atoms with E-state index < -0.39 is 5.78 Å². The van der Waals surface area contributed by atoms with Gasteiger partial charge in [0.05, 0.1) is 0 Å². The molecule has 1 aromatic rings. The lowest BCUT2D eigenvalue weighted by Gasteiger charge is -2.24. The predicted octanol–water partition coefficient (Wildman–Crippen LogP) is 2.93. The van der Waals surface area contributed by atoms with Crippen LogP contribution < -0.4 is 0 Å². The Kier molecular flexibility index (Phi) is 2.37. The number of rotatable bonds is 0. The summed E-state index contributed by atoms with van der Waals surface area (Å²) in [5.41, 5.74) is 2.98. The molecule has 1 unspecified atom stereocenters.